The molecule has 29 heavy (non-hydrogen) atoms. The Morgan fingerprint density at radius 3 is 2.52 bits per heavy atom. The molecule has 0 bridgehead atoms. The number of nitrogens with zero attached hydrogens (tertiary/aromatic N) is 4. The van der Waals surface area contributed by atoms with Crippen LogP contribution in [-0.2, 0) is 13.0 Å². The standard InChI is InChI=1S/C22H24N4O3/c1-3-5-13-26-19(24-21(25-26)18(27)4-2)14-15-8-10-16(11-9-15)17-7-6-12-23-20(17)22(28)29/h6-12H,3-5,13-14H2,1-2H3,(H,28,29). The first-order chi connectivity index (χ1) is 14.0. The van der Waals surface area contributed by atoms with Gasteiger partial charge in [-0.25, -0.2) is 19.4 Å². The van der Waals surface area contributed by atoms with Crippen molar-refractivity contribution in [1.82, 2.24) is 19.7 Å². The lowest BCUT2D eigenvalue weighted by Gasteiger charge is -2.08. The number of ketones is 1. The Hall–Kier alpha value is -3.35. The molecule has 1 aromatic carbocycles. The minimum atomic E-state index is -1.05. The van der Waals surface area contributed by atoms with Crippen molar-refractivity contribution in [2.45, 2.75) is 46.1 Å². The monoisotopic (exact) mass is 392 g/mol. The van der Waals surface area contributed by atoms with Crippen molar-refractivity contribution in [2.75, 3.05) is 0 Å². The van der Waals surface area contributed by atoms with Crippen molar-refractivity contribution in [2.24, 2.45) is 0 Å². The summed E-state index contributed by atoms with van der Waals surface area (Å²) in [6.45, 7) is 4.64. The number of carboxylic acid groups (broad SMARTS) is 1. The number of aromatic nitrogens is 4. The van der Waals surface area contributed by atoms with Gasteiger partial charge in [0.1, 0.15) is 5.82 Å². The van der Waals surface area contributed by atoms with E-state index >= 15 is 0 Å². The normalized spacial score (nSPS) is 10.8. The van der Waals surface area contributed by atoms with Gasteiger partial charge in [0.25, 0.3) is 0 Å². The average Bonchev–Trinajstić information content (AvgIpc) is 3.14. The Balaban J connectivity index is 1.85. The van der Waals surface area contributed by atoms with E-state index in [1.54, 1.807) is 19.1 Å². The topological polar surface area (TPSA) is 98.0 Å². The third kappa shape index (κ3) is 4.74. The molecule has 0 aliphatic rings. The molecule has 0 aliphatic carbocycles. The highest BCUT2D eigenvalue weighted by atomic mass is 16.4. The van der Waals surface area contributed by atoms with Crippen molar-refractivity contribution < 1.29 is 14.7 Å². The molecule has 0 spiro atoms. The molecule has 2 heterocycles. The predicted octanol–water partition coefficient (Wildman–Crippen LogP) is 4.02. The predicted molar refractivity (Wildman–Crippen MR) is 109 cm³/mol. The van der Waals surface area contributed by atoms with E-state index in [0.29, 0.717) is 18.4 Å². The second-order valence-electron chi connectivity index (χ2n) is 6.78. The van der Waals surface area contributed by atoms with Crippen LogP contribution in [0.5, 0.6) is 0 Å². The lowest BCUT2D eigenvalue weighted by molar-refractivity contribution is 0.0691. The number of hydrogen-bond donors (Lipinski definition) is 1. The lowest BCUT2D eigenvalue weighted by Crippen LogP contribution is -2.07. The molecule has 2 aromatic heterocycles. The summed E-state index contributed by atoms with van der Waals surface area (Å²) in [5.41, 5.74) is 2.40. The van der Waals surface area contributed by atoms with Crippen LogP contribution in [0.2, 0.25) is 0 Å². The molecule has 0 saturated heterocycles. The van der Waals surface area contributed by atoms with Crippen LogP contribution in [-0.4, -0.2) is 36.6 Å². The number of hydrogen-bond acceptors (Lipinski definition) is 5. The molecule has 7 heteroatoms. The first-order valence-electron chi connectivity index (χ1n) is 9.78. The van der Waals surface area contributed by atoms with Gasteiger partial charge in [0.15, 0.2) is 5.69 Å². The van der Waals surface area contributed by atoms with Crippen molar-refractivity contribution in [3.05, 3.63) is 65.5 Å². The summed E-state index contributed by atoms with van der Waals surface area (Å²) in [7, 11) is 0. The summed E-state index contributed by atoms with van der Waals surface area (Å²) in [6.07, 6.45) is 4.39. The van der Waals surface area contributed by atoms with Crippen molar-refractivity contribution >= 4 is 11.8 Å². The summed E-state index contributed by atoms with van der Waals surface area (Å²) in [5.74, 6) is -0.0799. The highest BCUT2D eigenvalue weighted by Gasteiger charge is 2.16. The van der Waals surface area contributed by atoms with Gasteiger partial charge >= 0.3 is 5.97 Å². The molecule has 3 rings (SSSR count). The largest absolute Gasteiger partial charge is 0.476 e. The van der Waals surface area contributed by atoms with E-state index in [2.05, 4.69) is 22.0 Å². The van der Waals surface area contributed by atoms with Crippen LogP contribution in [0.4, 0.5) is 0 Å². The van der Waals surface area contributed by atoms with Gasteiger partial charge in [-0.3, -0.25) is 4.79 Å². The van der Waals surface area contributed by atoms with E-state index in [1.807, 2.05) is 28.9 Å². The van der Waals surface area contributed by atoms with Gasteiger partial charge in [0.2, 0.25) is 11.6 Å². The van der Waals surface area contributed by atoms with Gasteiger partial charge in [-0.2, -0.15) is 0 Å². The molecule has 0 aliphatic heterocycles. The molecule has 150 valence electrons. The number of benzene rings is 1. The summed E-state index contributed by atoms with van der Waals surface area (Å²) >= 11 is 0. The maximum absolute atomic E-state index is 12.0. The van der Waals surface area contributed by atoms with Gasteiger partial charge in [-0.1, -0.05) is 50.6 Å². The van der Waals surface area contributed by atoms with Crippen LogP contribution < -0.4 is 0 Å². The fraction of sp³-hybridized carbons (Fsp3) is 0.318. The minimum absolute atomic E-state index is 0.0299. The zero-order chi connectivity index (χ0) is 20.8. The smallest absolute Gasteiger partial charge is 0.355 e. The van der Waals surface area contributed by atoms with Crippen LogP contribution >= 0.6 is 0 Å². The number of Topliss-reactive ketones (excluding diaryl/α,β-unsaturated/α-hetero) is 1. The van der Waals surface area contributed by atoms with Crippen LogP contribution in [0.1, 0.15) is 65.6 Å². The molecule has 3 aromatic rings. The summed E-state index contributed by atoms with van der Waals surface area (Å²) in [5, 5.41) is 13.7. The number of aromatic carboxylic acids is 1. The summed E-state index contributed by atoms with van der Waals surface area (Å²) in [4.78, 5) is 31.8. The number of carboxylic acids is 1. The molecule has 7 nitrogen and oxygen atoms in total. The molecule has 0 amide bonds. The third-order valence-electron chi connectivity index (χ3n) is 4.68. The number of carbonyl (C=O) groups excluding carboxylic acids is 1. The van der Waals surface area contributed by atoms with Crippen LogP contribution in [0.25, 0.3) is 11.1 Å². The van der Waals surface area contributed by atoms with E-state index in [1.165, 1.54) is 6.20 Å². The Kier molecular flexibility index (Phi) is 6.49. The van der Waals surface area contributed by atoms with Crippen LogP contribution in [0, 0.1) is 0 Å². The Morgan fingerprint density at radius 1 is 1.10 bits per heavy atom. The number of rotatable bonds is 9. The third-order valence-corrected chi connectivity index (χ3v) is 4.68. The SMILES string of the molecule is CCCCn1nc(C(=O)CC)nc1Cc1ccc(-c2cccnc2C(=O)O)cc1. The lowest BCUT2D eigenvalue weighted by atomic mass is 10.0. The second kappa shape index (κ2) is 9.23. The zero-order valence-corrected chi connectivity index (χ0v) is 16.6. The van der Waals surface area contributed by atoms with E-state index < -0.39 is 5.97 Å². The molecular formula is C22H24N4O3. The quantitative estimate of drug-likeness (QED) is 0.552. The number of unbranched alkanes of at least 4 members (excludes halogenated alkanes) is 1. The first-order valence-corrected chi connectivity index (χ1v) is 9.78. The number of carbonyl (C=O) groups is 2. The fourth-order valence-electron chi connectivity index (χ4n) is 3.06. The Morgan fingerprint density at radius 2 is 1.86 bits per heavy atom. The number of aryl methyl sites for hydroxylation is 1. The summed E-state index contributed by atoms with van der Waals surface area (Å²) in [6, 6.07) is 11.1. The van der Waals surface area contributed by atoms with Gasteiger partial charge < -0.3 is 5.11 Å². The maximum Gasteiger partial charge on any atom is 0.355 e. The van der Waals surface area contributed by atoms with Crippen LogP contribution in [0.15, 0.2) is 42.6 Å². The Bertz CT molecular complexity index is 1010. The van der Waals surface area contributed by atoms with E-state index in [9.17, 15) is 14.7 Å². The molecule has 0 saturated carbocycles. The maximum atomic E-state index is 12.0. The average molecular weight is 392 g/mol. The molecule has 0 atom stereocenters. The Labute approximate surface area is 169 Å². The highest BCUT2D eigenvalue weighted by molar-refractivity contribution is 5.93. The molecule has 1 N–H and O–H groups in total. The van der Waals surface area contributed by atoms with E-state index in [4.69, 9.17) is 0 Å². The molecule has 0 fully saturated rings. The van der Waals surface area contributed by atoms with Crippen molar-refractivity contribution in [3.63, 3.8) is 0 Å². The molecule has 0 radical (unpaired) electrons. The van der Waals surface area contributed by atoms with E-state index in [-0.39, 0.29) is 17.3 Å². The van der Waals surface area contributed by atoms with E-state index in [0.717, 1.165) is 36.3 Å². The van der Waals surface area contributed by atoms with Crippen LogP contribution in [0.3, 0.4) is 0 Å². The summed E-state index contributed by atoms with van der Waals surface area (Å²) < 4.78 is 1.82. The second-order valence-corrected chi connectivity index (χ2v) is 6.78. The first kappa shape index (κ1) is 20.4. The van der Waals surface area contributed by atoms with Crippen molar-refractivity contribution in [1.29, 1.82) is 0 Å². The molecule has 0 unspecified atom stereocenters. The van der Waals surface area contributed by atoms with Gasteiger partial charge in [0, 0.05) is 31.1 Å². The van der Waals surface area contributed by atoms with Gasteiger partial charge in [-0.05, 0) is 23.6 Å². The number of pyridine rings is 1. The van der Waals surface area contributed by atoms with Gasteiger partial charge in [-0.15, -0.1) is 5.10 Å². The zero-order valence-electron chi connectivity index (χ0n) is 16.6. The minimum Gasteiger partial charge on any atom is -0.476 e. The fourth-order valence-corrected chi connectivity index (χ4v) is 3.06. The van der Waals surface area contributed by atoms with Gasteiger partial charge in [0.05, 0.1) is 0 Å². The highest BCUT2D eigenvalue weighted by Crippen LogP contribution is 2.23. The van der Waals surface area contributed by atoms with Crippen molar-refractivity contribution in [3.8, 4) is 11.1 Å². The molecular weight excluding hydrogens is 368 g/mol.